The van der Waals surface area contributed by atoms with E-state index in [0.29, 0.717) is 5.69 Å². The standard InChI is InChI=1S/C19H20N3O/c1-15-18(20(2)14-16-10-6-4-7-11-16)19(23)22(21(15)3)17-12-8-5-9-13-17/h4-14H,1-3H3/q+1. The second-order valence-electron chi connectivity index (χ2n) is 5.56. The summed E-state index contributed by atoms with van der Waals surface area (Å²) >= 11 is 0. The number of hydrogen-bond donors (Lipinski definition) is 0. The molecule has 0 bridgehead atoms. The van der Waals surface area contributed by atoms with Crippen LogP contribution < -0.4 is 5.56 Å². The van der Waals surface area contributed by atoms with E-state index in [1.54, 1.807) is 4.68 Å². The fourth-order valence-electron chi connectivity index (χ4n) is 2.79. The van der Waals surface area contributed by atoms with Gasteiger partial charge in [0.1, 0.15) is 12.7 Å². The average molecular weight is 306 g/mol. The van der Waals surface area contributed by atoms with Crippen molar-refractivity contribution < 1.29 is 4.58 Å². The topological polar surface area (TPSA) is 29.9 Å². The zero-order valence-electron chi connectivity index (χ0n) is 13.6. The Morgan fingerprint density at radius 3 is 2.13 bits per heavy atom. The van der Waals surface area contributed by atoms with Gasteiger partial charge in [0.25, 0.3) is 5.69 Å². The number of rotatable bonds is 3. The molecule has 0 spiro atoms. The first kappa shape index (κ1) is 15.0. The first-order chi connectivity index (χ1) is 11.1. The monoisotopic (exact) mass is 306 g/mol. The fraction of sp³-hybridized carbons (Fsp3) is 0.158. The van der Waals surface area contributed by atoms with Crippen molar-refractivity contribution in [2.45, 2.75) is 6.92 Å². The molecule has 3 aromatic rings. The van der Waals surface area contributed by atoms with Crippen LogP contribution in [0.1, 0.15) is 11.3 Å². The summed E-state index contributed by atoms with van der Waals surface area (Å²) in [6, 6.07) is 19.7. The lowest BCUT2D eigenvalue weighted by Crippen LogP contribution is -2.21. The van der Waals surface area contributed by atoms with Crippen molar-refractivity contribution >= 4 is 11.9 Å². The maximum absolute atomic E-state index is 12.9. The van der Waals surface area contributed by atoms with E-state index >= 15 is 0 Å². The van der Waals surface area contributed by atoms with Crippen LogP contribution in [0.2, 0.25) is 0 Å². The zero-order valence-corrected chi connectivity index (χ0v) is 13.6. The molecule has 0 unspecified atom stereocenters. The van der Waals surface area contributed by atoms with Crippen molar-refractivity contribution in [1.82, 2.24) is 9.36 Å². The van der Waals surface area contributed by atoms with Crippen LogP contribution in [0.15, 0.2) is 65.5 Å². The van der Waals surface area contributed by atoms with Crippen LogP contribution >= 0.6 is 0 Å². The second-order valence-corrected chi connectivity index (χ2v) is 5.56. The lowest BCUT2D eigenvalue weighted by molar-refractivity contribution is -0.400. The van der Waals surface area contributed by atoms with E-state index in [2.05, 4.69) is 0 Å². The molecule has 1 aromatic heterocycles. The molecule has 0 aliphatic heterocycles. The Balaban J connectivity index is 2.15. The minimum Gasteiger partial charge on any atom is -0.278 e. The van der Waals surface area contributed by atoms with Crippen LogP contribution in [0, 0.1) is 6.92 Å². The van der Waals surface area contributed by atoms with Crippen LogP contribution in [0.4, 0.5) is 5.69 Å². The molecular formula is C19H20N3O+. The highest BCUT2D eigenvalue weighted by Gasteiger charge is 2.23. The molecule has 0 atom stereocenters. The predicted octanol–water partition coefficient (Wildman–Crippen LogP) is 2.88. The summed E-state index contributed by atoms with van der Waals surface area (Å²) in [6.07, 6.45) is 1.97. The Kier molecular flexibility index (Phi) is 3.98. The molecule has 4 heteroatoms. The van der Waals surface area contributed by atoms with Crippen LogP contribution in [-0.2, 0) is 7.05 Å². The molecule has 116 valence electrons. The van der Waals surface area contributed by atoms with Crippen LogP contribution in [0.3, 0.4) is 0 Å². The van der Waals surface area contributed by atoms with Crippen molar-refractivity contribution in [2.24, 2.45) is 7.05 Å². The Labute approximate surface area is 135 Å². The van der Waals surface area contributed by atoms with Crippen molar-refractivity contribution in [3.63, 3.8) is 0 Å². The third-order valence-electron chi connectivity index (χ3n) is 4.02. The summed E-state index contributed by atoms with van der Waals surface area (Å²) in [5.41, 5.74) is 3.51. The van der Waals surface area contributed by atoms with Crippen LogP contribution in [0.25, 0.3) is 5.69 Å². The van der Waals surface area contributed by atoms with Gasteiger partial charge in [-0.25, -0.2) is 4.68 Å². The molecular weight excluding hydrogens is 286 g/mol. The summed E-state index contributed by atoms with van der Waals surface area (Å²) in [6.45, 7) is 1.96. The number of benzene rings is 2. The first-order valence-corrected chi connectivity index (χ1v) is 7.56. The highest BCUT2D eigenvalue weighted by molar-refractivity contribution is 5.76. The van der Waals surface area contributed by atoms with Crippen LogP contribution in [0.5, 0.6) is 0 Å². The molecule has 0 aliphatic rings. The Morgan fingerprint density at radius 1 is 0.957 bits per heavy atom. The largest absolute Gasteiger partial charge is 0.343 e. The Hall–Kier alpha value is -2.88. The van der Waals surface area contributed by atoms with Gasteiger partial charge in [0.2, 0.25) is 0 Å². The van der Waals surface area contributed by atoms with Crippen molar-refractivity contribution in [3.8, 4) is 5.69 Å². The molecule has 0 aliphatic carbocycles. The van der Waals surface area contributed by atoms with E-state index in [-0.39, 0.29) is 5.56 Å². The molecule has 3 rings (SSSR count). The SMILES string of the molecule is Cc1c([N+](C)=Cc2ccccc2)c(=O)n(-c2ccccc2)n1C. The number of hydrogen-bond acceptors (Lipinski definition) is 1. The first-order valence-electron chi connectivity index (χ1n) is 7.56. The van der Waals surface area contributed by atoms with E-state index in [4.69, 9.17) is 0 Å². The maximum atomic E-state index is 12.9. The summed E-state index contributed by atoms with van der Waals surface area (Å²) in [4.78, 5) is 12.9. The average Bonchev–Trinajstić information content (AvgIpc) is 2.79. The van der Waals surface area contributed by atoms with Gasteiger partial charge < -0.3 is 0 Å². The van der Waals surface area contributed by atoms with Gasteiger partial charge in [-0.2, -0.15) is 4.58 Å². The van der Waals surface area contributed by atoms with E-state index in [1.165, 1.54) is 0 Å². The molecule has 0 fully saturated rings. The van der Waals surface area contributed by atoms with E-state index in [0.717, 1.165) is 16.9 Å². The van der Waals surface area contributed by atoms with Gasteiger partial charge in [-0.3, -0.25) is 9.48 Å². The molecule has 0 saturated heterocycles. The third-order valence-corrected chi connectivity index (χ3v) is 4.02. The molecule has 0 amide bonds. The molecule has 0 radical (unpaired) electrons. The Bertz CT molecular complexity index is 903. The normalized spacial score (nSPS) is 11.7. The summed E-state index contributed by atoms with van der Waals surface area (Å²) in [5.74, 6) is 0. The fourth-order valence-corrected chi connectivity index (χ4v) is 2.79. The quantitative estimate of drug-likeness (QED) is 0.540. The van der Waals surface area contributed by atoms with Crippen molar-refractivity contribution in [3.05, 3.63) is 82.3 Å². The van der Waals surface area contributed by atoms with E-state index in [9.17, 15) is 4.79 Å². The summed E-state index contributed by atoms with van der Waals surface area (Å²) in [5, 5.41) is 0. The van der Waals surface area contributed by atoms with Gasteiger partial charge in [-0.15, -0.1) is 0 Å². The van der Waals surface area contributed by atoms with Gasteiger partial charge in [-0.05, 0) is 31.2 Å². The highest BCUT2D eigenvalue weighted by atomic mass is 16.1. The molecule has 0 N–H and O–H groups in total. The Morgan fingerprint density at radius 2 is 1.52 bits per heavy atom. The van der Waals surface area contributed by atoms with Gasteiger partial charge in [0, 0.05) is 12.6 Å². The molecule has 2 aromatic carbocycles. The van der Waals surface area contributed by atoms with Crippen LogP contribution in [-0.4, -0.2) is 27.2 Å². The van der Waals surface area contributed by atoms with Crippen molar-refractivity contribution in [2.75, 3.05) is 7.05 Å². The minimum absolute atomic E-state index is 0.0223. The summed E-state index contributed by atoms with van der Waals surface area (Å²) in [7, 11) is 3.82. The number of aromatic nitrogens is 2. The van der Waals surface area contributed by atoms with Gasteiger partial charge in [0.05, 0.1) is 5.69 Å². The highest BCUT2D eigenvalue weighted by Crippen LogP contribution is 2.15. The molecule has 4 nitrogen and oxygen atoms in total. The van der Waals surface area contributed by atoms with Crippen molar-refractivity contribution in [1.29, 1.82) is 0 Å². The molecule has 0 saturated carbocycles. The minimum atomic E-state index is -0.0223. The lowest BCUT2D eigenvalue weighted by Gasteiger charge is -2.06. The van der Waals surface area contributed by atoms with Gasteiger partial charge in [-0.1, -0.05) is 36.4 Å². The maximum Gasteiger partial charge on any atom is 0.343 e. The van der Waals surface area contributed by atoms with Gasteiger partial charge in [0.15, 0.2) is 6.21 Å². The summed E-state index contributed by atoms with van der Waals surface area (Å²) < 4.78 is 5.48. The molecule has 23 heavy (non-hydrogen) atoms. The molecule has 1 heterocycles. The second kappa shape index (κ2) is 6.08. The third kappa shape index (κ3) is 2.75. The number of para-hydroxylation sites is 1. The lowest BCUT2D eigenvalue weighted by atomic mass is 10.2. The van der Waals surface area contributed by atoms with E-state index in [1.807, 2.05) is 97.2 Å². The predicted molar refractivity (Wildman–Crippen MR) is 93.2 cm³/mol. The zero-order chi connectivity index (χ0) is 16.4. The van der Waals surface area contributed by atoms with Gasteiger partial charge >= 0.3 is 5.56 Å². The smallest absolute Gasteiger partial charge is 0.278 e. The number of nitrogens with zero attached hydrogens (tertiary/aromatic N) is 3. The van der Waals surface area contributed by atoms with E-state index < -0.39 is 0 Å².